The first-order valence-corrected chi connectivity index (χ1v) is 8.73. The smallest absolute Gasteiger partial charge is 0.119 e. The summed E-state index contributed by atoms with van der Waals surface area (Å²) in [5.41, 5.74) is 1.51. The molecule has 0 spiro atoms. The average Bonchev–Trinajstić information content (AvgIpc) is 3.03. The molecule has 1 heterocycles. The highest BCUT2D eigenvalue weighted by atomic mass is 16.5. The Morgan fingerprint density at radius 2 is 1.57 bits per heavy atom. The second-order valence-corrected chi connectivity index (χ2v) is 7.00. The maximum atomic E-state index is 6.17. The van der Waals surface area contributed by atoms with E-state index in [2.05, 4.69) is 43.0 Å². The molecule has 1 aliphatic heterocycles. The number of likely N-dealkylation sites (tertiary alicyclic amines) is 1. The van der Waals surface area contributed by atoms with Crippen LogP contribution in [0.15, 0.2) is 24.3 Å². The van der Waals surface area contributed by atoms with Gasteiger partial charge >= 0.3 is 0 Å². The number of rotatable bonds is 4. The number of ether oxygens (including phenoxy) is 1. The lowest BCUT2D eigenvalue weighted by atomic mass is 9.98. The highest BCUT2D eigenvalue weighted by Crippen LogP contribution is 2.34. The third-order valence-corrected chi connectivity index (χ3v) is 5.22. The minimum absolute atomic E-state index is 0.400. The van der Waals surface area contributed by atoms with Gasteiger partial charge in [0, 0.05) is 19.1 Å². The highest BCUT2D eigenvalue weighted by Gasteiger charge is 2.22. The van der Waals surface area contributed by atoms with E-state index in [1.165, 1.54) is 44.3 Å². The fourth-order valence-electron chi connectivity index (χ4n) is 3.78. The molecule has 1 saturated carbocycles. The van der Waals surface area contributed by atoms with E-state index in [4.69, 9.17) is 4.74 Å². The van der Waals surface area contributed by atoms with Crippen LogP contribution in [0.3, 0.4) is 0 Å². The molecule has 1 aromatic rings. The summed E-state index contributed by atoms with van der Waals surface area (Å²) < 4.78 is 6.17. The van der Waals surface area contributed by atoms with Crippen LogP contribution in [0.1, 0.15) is 63.9 Å². The molecule has 0 bridgehead atoms. The minimum Gasteiger partial charge on any atom is -0.490 e. The second-order valence-electron chi connectivity index (χ2n) is 7.00. The molecule has 2 nitrogen and oxygen atoms in total. The van der Waals surface area contributed by atoms with Gasteiger partial charge in [-0.25, -0.2) is 0 Å². The number of piperidine rings is 1. The average molecular weight is 287 g/mol. The van der Waals surface area contributed by atoms with Crippen molar-refractivity contribution in [3.63, 3.8) is 0 Å². The molecular formula is C19H29NO. The van der Waals surface area contributed by atoms with Crippen LogP contribution < -0.4 is 4.74 Å². The zero-order chi connectivity index (χ0) is 14.7. The predicted molar refractivity (Wildman–Crippen MR) is 88.0 cm³/mol. The number of hydrogen-bond donors (Lipinski definition) is 0. The Morgan fingerprint density at radius 3 is 2.14 bits per heavy atom. The largest absolute Gasteiger partial charge is 0.490 e. The summed E-state index contributed by atoms with van der Waals surface area (Å²) in [6, 6.07) is 9.60. The van der Waals surface area contributed by atoms with Crippen LogP contribution in [0.2, 0.25) is 0 Å². The van der Waals surface area contributed by atoms with Crippen LogP contribution in [-0.2, 0) is 0 Å². The Bertz CT molecular complexity index is 425. The van der Waals surface area contributed by atoms with E-state index in [9.17, 15) is 0 Å². The van der Waals surface area contributed by atoms with Gasteiger partial charge in [0.05, 0.1) is 0 Å². The molecule has 0 atom stereocenters. The fraction of sp³-hybridized carbons (Fsp3) is 0.684. The van der Waals surface area contributed by atoms with Gasteiger partial charge in [0.2, 0.25) is 0 Å². The molecule has 21 heavy (non-hydrogen) atoms. The summed E-state index contributed by atoms with van der Waals surface area (Å²) in [6.07, 6.45) is 8.25. The van der Waals surface area contributed by atoms with Gasteiger partial charge in [0.15, 0.2) is 0 Å². The van der Waals surface area contributed by atoms with E-state index in [-0.39, 0.29) is 0 Å². The summed E-state index contributed by atoms with van der Waals surface area (Å²) >= 11 is 0. The van der Waals surface area contributed by atoms with Crippen molar-refractivity contribution in [2.75, 3.05) is 13.1 Å². The molecule has 2 heteroatoms. The van der Waals surface area contributed by atoms with E-state index in [0.717, 1.165) is 24.5 Å². The monoisotopic (exact) mass is 287 g/mol. The maximum Gasteiger partial charge on any atom is 0.119 e. The van der Waals surface area contributed by atoms with Crippen molar-refractivity contribution in [3.05, 3.63) is 29.8 Å². The summed E-state index contributed by atoms with van der Waals surface area (Å²) in [7, 11) is 0. The molecule has 0 aromatic heterocycles. The number of hydrogen-bond acceptors (Lipinski definition) is 2. The van der Waals surface area contributed by atoms with E-state index in [1.807, 2.05) is 0 Å². The van der Waals surface area contributed by atoms with Crippen molar-refractivity contribution in [2.24, 2.45) is 0 Å². The zero-order valence-corrected chi connectivity index (χ0v) is 13.6. The normalized spacial score (nSPS) is 22.0. The second kappa shape index (κ2) is 6.83. The van der Waals surface area contributed by atoms with Gasteiger partial charge in [-0.1, -0.05) is 25.0 Å². The fourth-order valence-corrected chi connectivity index (χ4v) is 3.78. The highest BCUT2D eigenvalue weighted by molar-refractivity contribution is 5.30. The maximum absolute atomic E-state index is 6.17. The molecule has 0 radical (unpaired) electrons. The lowest BCUT2D eigenvalue weighted by molar-refractivity contribution is 0.0843. The SMILES string of the molecule is CC(C)N1CCC(Oc2ccc(C3CCCC3)cc2)CC1. The molecule has 0 amide bonds. The summed E-state index contributed by atoms with van der Waals surface area (Å²) in [5.74, 6) is 1.85. The van der Waals surface area contributed by atoms with Gasteiger partial charge in [-0.05, 0) is 63.1 Å². The molecule has 116 valence electrons. The number of nitrogens with zero attached hydrogens (tertiary/aromatic N) is 1. The summed E-state index contributed by atoms with van der Waals surface area (Å²) in [4.78, 5) is 2.54. The molecule has 1 saturated heterocycles. The van der Waals surface area contributed by atoms with Gasteiger partial charge in [-0.2, -0.15) is 0 Å². The Morgan fingerprint density at radius 1 is 0.952 bits per heavy atom. The molecule has 2 aliphatic rings. The zero-order valence-electron chi connectivity index (χ0n) is 13.6. The van der Waals surface area contributed by atoms with Gasteiger partial charge in [-0.3, -0.25) is 0 Å². The Balaban J connectivity index is 1.51. The van der Waals surface area contributed by atoms with Crippen LogP contribution in [0, 0.1) is 0 Å². The first kappa shape index (κ1) is 14.9. The molecule has 0 unspecified atom stereocenters. The van der Waals surface area contributed by atoms with Crippen molar-refractivity contribution in [3.8, 4) is 5.75 Å². The van der Waals surface area contributed by atoms with Crippen molar-refractivity contribution in [1.82, 2.24) is 4.90 Å². The predicted octanol–water partition coefficient (Wildman–Crippen LogP) is 4.60. The quantitative estimate of drug-likeness (QED) is 0.802. The lowest BCUT2D eigenvalue weighted by Crippen LogP contribution is -2.41. The summed E-state index contributed by atoms with van der Waals surface area (Å²) in [5, 5.41) is 0. The van der Waals surface area contributed by atoms with Crippen molar-refractivity contribution in [2.45, 2.75) is 70.4 Å². The van der Waals surface area contributed by atoms with E-state index < -0.39 is 0 Å². The molecule has 0 N–H and O–H groups in total. The molecule has 1 aromatic carbocycles. The molecule has 3 rings (SSSR count). The first-order chi connectivity index (χ1) is 10.2. The van der Waals surface area contributed by atoms with Crippen LogP contribution in [-0.4, -0.2) is 30.1 Å². The lowest BCUT2D eigenvalue weighted by Gasteiger charge is -2.34. The first-order valence-electron chi connectivity index (χ1n) is 8.73. The standard InChI is InChI=1S/C19H29NO/c1-15(2)20-13-11-19(12-14-20)21-18-9-7-17(8-10-18)16-5-3-4-6-16/h7-10,15-16,19H,3-6,11-14H2,1-2H3. The van der Waals surface area contributed by atoms with Crippen molar-refractivity contribution >= 4 is 0 Å². The van der Waals surface area contributed by atoms with Crippen molar-refractivity contribution in [1.29, 1.82) is 0 Å². The molecule has 2 fully saturated rings. The minimum atomic E-state index is 0.400. The van der Waals surface area contributed by atoms with Crippen LogP contribution in [0.25, 0.3) is 0 Å². The Hall–Kier alpha value is -1.02. The molecule has 1 aliphatic carbocycles. The van der Waals surface area contributed by atoms with Gasteiger partial charge in [0.1, 0.15) is 11.9 Å². The Labute approximate surface area is 129 Å². The third kappa shape index (κ3) is 3.79. The van der Waals surface area contributed by atoms with Gasteiger partial charge in [-0.15, -0.1) is 0 Å². The number of benzene rings is 1. The van der Waals surface area contributed by atoms with Gasteiger partial charge in [0.25, 0.3) is 0 Å². The van der Waals surface area contributed by atoms with Crippen LogP contribution in [0.5, 0.6) is 5.75 Å². The van der Waals surface area contributed by atoms with Crippen LogP contribution >= 0.6 is 0 Å². The van der Waals surface area contributed by atoms with E-state index in [0.29, 0.717) is 12.1 Å². The van der Waals surface area contributed by atoms with E-state index >= 15 is 0 Å². The van der Waals surface area contributed by atoms with Gasteiger partial charge < -0.3 is 9.64 Å². The topological polar surface area (TPSA) is 12.5 Å². The Kier molecular flexibility index (Phi) is 4.84. The van der Waals surface area contributed by atoms with E-state index in [1.54, 1.807) is 0 Å². The van der Waals surface area contributed by atoms with Crippen molar-refractivity contribution < 1.29 is 4.74 Å². The van der Waals surface area contributed by atoms with Crippen LogP contribution in [0.4, 0.5) is 0 Å². The summed E-state index contributed by atoms with van der Waals surface area (Å²) in [6.45, 7) is 6.90. The molecular weight excluding hydrogens is 258 g/mol. The third-order valence-electron chi connectivity index (χ3n) is 5.22.